The van der Waals surface area contributed by atoms with E-state index in [2.05, 4.69) is 210 Å². The van der Waals surface area contributed by atoms with Crippen LogP contribution >= 0.6 is 0 Å². The molecule has 0 unspecified atom stereocenters. The first-order valence-electron chi connectivity index (χ1n) is 20.9. The summed E-state index contributed by atoms with van der Waals surface area (Å²) in [5, 5.41) is 5.77. The molecule has 0 atom stereocenters. The molecular formula is C54H40N8. The maximum absolute atomic E-state index is 4.43. The number of hydrogen-bond donors (Lipinski definition) is 1. The minimum absolute atomic E-state index is 0.516. The molecule has 0 saturated heterocycles. The van der Waals surface area contributed by atoms with E-state index in [9.17, 15) is 0 Å². The number of amidine groups is 1. The Morgan fingerprint density at radius 2 is 1.15 bits per heavy atom. The van der Waals surface area contributed by atoms with Crippen molar-refractivity contribution >= 4 is 56.7 Å². The lowest BCUT2D eigenvalue weighted by atomic mass is 9.94. The topological polar surface area (TPSA) is 83.6 Å². The third kappa shape index (κ3) is 6.93. The molecular weight excluding hydrogens is 761 g/mol. The number of nitrogens with one attached hydrogen (secondary N) is 1. The zero-order valence-electron chi connectivity index (χ0n) is 33.8. The molecule has 2 aliphatic rings. The number of fused-ring (bicyclic) bond motifs is 3. The molecule has 8 nitrogen and oxygen atoms in total. The summed E-state index contributed by atoms with van der Waals surface area (Å²) >= 11 is 0. The number of anilines is 3. The zero-order valence-corrected chi connectivity index (χ0v) is 33.8. The molecule has 0 radical (unpaired) electrons. The highest BCUT2D eigenvalue weighted by Crippen LogP contribution is 2.43. The number of rotatable bonds is 9. The van der Waals surface area contributed by atoms with Crippen molar-refractivity contribution in [3.63, 3.8) is 0 Å². The van der Waals surface area contributed by atoms with Crippen molar-refractivity contribution < 1.29 is 0 Å². The monoisotopic (exact) mass is 800 g/mol. The fourth-order valence-corrected chi connectivity index (χ4v) is 8.64. The molecule has 1 aliphatic heterocycles. The van der Waals surface area contributed by atoms with Gasteiger partial charge in [-0.15, -0.1) is 0 Å². The minimum atomic E-state index is 0.516. The minimum Gasteiger partial charge on any atom is -0.350 e. The lowest BCUT2D eigenvalue weighted by molar-refractivity contribution is 0.915. The summed E-state index contributed by atoms with van der Waals surface area (Å²) < 4.78 is 2.46. The predicted molar refractivity (Wildman–Crippen MR) is 255 cm³/mol. The van der Waals surface area contributed by atoms with Crippen molar-refractivity contribution in [2.75, 3.05) is 11.6 Å². The van der Waals surface area contributed by atoms with E-state index in [4.69, 9.17) is 0 Å². The van der Waals surface area contributed by atoms with Crippen LogP contribution < -0.4 is 10.2 Å². The first-order chi connectivity index (χ1) is 30.7. The number of allylic oxidation sites excluding steroid dienone is 4. The Morgan fingerprint density at radius 3 is 1.81 bits per heavy atom. The van der Waals surface area contributed by atoms with Gasteiger partial charge in [-0.25, -0.2) is 19.9 Å². The smallest absolute Gasteiger partial charge is 0.162 e. The van der Waals surface area contributed by atoms with Crippen molar-refractivity contribution in [1.82, 2.24) is 24.8 Å². The predicted octanol–water partition coefficient (Wildman–Crippen LogP) is 12.6. The highest BCUT2D eigenvalue weighted by molar-refractivity contribution is 6.16. The van der Waals surface area contributed by atoms with Crippen LogP contribution in [0.2, 0.25) is 0 Å². The number of para-hydroxylation sites is 1. The maximum atomic E-state index is 4.43. The summed E-state index contributed by atoms with van der Waals surface area (Å²) in [5.41, 5.74) is 15.7. The molecule has 296 valence electrons. The summed E-state index contributed by atoms with van der Waals surface area (Å²) in [6.45, 7) is 0.516. The normalized spacial score (nSPS) is 13.5. The van der Waals surface area contributed by atoms with Gasteiger partial charge < -0.3 is 14.8 Å². The van der Waals surface area contributed by atoms with Gasteiger partial charge in [0.1, 0.15) is 31.5 Å². The molecule has 3 heterocycles. The fraction of sp³-hybridized carbons (Fsp3) is 0.0556. The number of nitrogens with zero attached hydrogens (tertiary/aromatic N) is 7. The second kappa shape index (κ2) is 16.1. The molecule has 0 spiro atoms. The maximum Gasteiger partial charge on any atom is 0.162 e. The summed E-state index contributed by atoms with van der Waals surface area (Å²) in [6, 6.07) is 58.9. The SMILES string of the molecule is C1=CC(n2c3ccccc3c3cc(-c4ccccc4)cc(-c4ccc(-c5ccc(N(c6ccc(C7=NC=NCN7)cc6)c6ccc(-c7ncncn7)cc6)cc5)cc4)c32)=CCC1. The highest BCUT2D eigenvalue weighted by Gasteiger charge is 2.20. The van der Waals surface area contributed by atoms with E-state index in [-0.39, 0.29) is 0 Å². The first kappa shape index (κ1) is 36.8. The van der Waals surface area contributed by atoms with Crippen LogP contribution in [0.3, 0.4) is 0 Å². The molecule has 0 saturated carbocycles. The molecule has 8 heteroatoms. The van der Waals surface area contributed by atoms with E-state index in [1.807, 2.05) is 12.1 Å². The Bertz CT molecular complexity index is 3180. The van der Waals surface area contributed by atoms with Crippen LogP contribution in [0.5, 0.6) is 0 Å². The molecule has 11 rings (SSSR count). The molecule has 1 N–H and O–H groups in total. The molecule has 0 bridgehead atoms. The standard InChI is InChI=1S/C54H40N8/c1-3-9-37(10-4-1)43-31-49(52-50(32-43)48-13-7-8-14-51(48)62(52)44-11-5-2-6-12-44)40-17-15-38(16-18-40)39-19-25-45(26-20-39)61(46-27-21-41(22-28-46)53-57-33-55-34-58-53)47-29-23-42(24-30-47)54-59-35-56-36-60-54/h1,3-5,7-35H,2,6,36H2,(H,56,59,60). The number of aliphatic imine (C=N–C) groups is 2. The average Bonchev–Trinajstić information content (AvgIpc) is 3.70. The Hall–Kier alpha value is -8.23. The molecule has 1 aliphatic carbocycles. The third-order valence-electron chi connectivity index (χ3n) is 11.6. The molecule has 0 amide bonds. The van der Waals surface area contributed by atoms with Crippen molar-refractivity contribution in [1.29, 1.82) is 0 Å². The van der Waals surface area contributed by atoms with Gasteiger partial charge in [-0.05, 0) is 126 Å². The van der Waals surface area contributed by atoms with E-state index in [0.29, 0.717) is 12.5 Å². The van der Waals surface area contributed by atoms with Crippen LogP contribution in [-0.2, 0) is 0 Å². The third-order valence-corrected chi connectivity index (χ3v) is 11.6. The molecule has 62 heavy (non-hydrogen) atoms. The Morgan fingerprint density at radius 1 is 0.532 bits per heavy atom. The van der Waals surface area contributed by atoms with Gasteiger partial charge in [0.25, 0.3) is 0 Å². The summed E-state index contributed by atoms with van der Waals surface area (Å²) in [7, 11) is 0. The number of aromatic nitrogens is 4. The van der Waals surface area contributed by atoms with Crippen molar-refractivity contribution in [3.05, 3.63) is 200 Å². The van der Waals surface area contributed by atoms with Gasteiger partial charge in [-0.3, -0.25) is 4.99 Å². The van der Waals surface area contributed by atoms with Gasteiger partial charge in [-0.1, -0.05) is 97.1 Å². The van der Waals surface area contributed by atoms with Gasteiger partial charge in [0.05, 0.1) is 11.0 Å². The van der Waals surface area contributed by atoms with E-state index in [0.717, 1.165) is 58.0 Å². The van der Waals surface area contributed by atoms with E-state index in [1.165, 1.54) is 62.4 Å². The van der Waals surface area contributed by atoms with Gasteiger partial charge in [0, 0.05) is 50.2 Å². The molecule has 2 aromatic heterocycles. The lowest BCUT2D eigenvalue weighted by Crippen LogP contribution is -2.27. The van der Waals surface area contributed by atoms with E-state index >= 15 is 0 Å². The van der Waals surface area contributed by atoms with Crippen LogP contribution in [0.4, 0.5) is 17.1 Å². The second-order valence-electron chi connectivity index (χ2n) is 15.4. The Balaban J connectivity index is 0.966. The van der Waals surface area contributed by atoms with Crippen molar-refractivity contribution in [2.24, 2.45) is 9.98 Å². The van der Waals surface area contributed by atoms with Crippen molar-refractivity contribution in [2.45, 2.75) is 12.8 Å². The highest BCUT2D eigenvalue weighted by atomic mass is 15.1. The molecule has 9 aromatic rings. The van der Waals surface area contributed by atoms with Crippen LogP contribution in [0.25, 0.3) is 72.3 Å². The van der Waals surface area contributed by atoms with Gasteiger partial charge >= 0.3 is 0 Å². The van der Waals surface area contributed by atoms with E-state index < -0.39 is 0 Å². The summed E-state index contributed by atoms with van der Waals surface area (Å²) in [4.78, 5) is 23.5. The average molecular weight is 801 g/mol. The number of benzene rings is 7. The fourth-order valence-electron chi connectivity index (χ4n) is 8.64. The van der Waals surface area contributed by atoms with Crippen LogP contribution in [0, 0.1) is 0 Å². The largest absolute Gasteiger partial charge is 0.350 e. The first-order valence-corrected chi connectivity index (χ1v) is 20.9. The summed E-state index contributed by atoms with van der Waals surface area (Å²) in [5.74, 6) is 1.45. The second-order valence-corrected chi connectivity index (χ2v) is 15.4. The molecule has 7 aromatic carbocycles. The Kier molecular flexibility index (Phi) is 9.55. The van der Waals surface area contributed by atoms with Gasteiger partial charge in [0.2, 0.25) is 0 Å². The van der Waals surface area contributed by atoms with Crippen LogP contribution in [-0.4, -0.2) is 38.4 Å². The van der Waals surface area contributed by atoms with Gasteiger partial charge in [0.15, 0.2) is 5.82 Å². The summed E-state index contributed by atoms with van der Waals surface area (Å²) in [6.07, 6.45) is 13.7. The van der Waals surface area contributed by atoms with E-state index in [1.54, 1.807) is 6.34 Å². The number of hydrogen-bond acceptors (Lipinski definition) is 7. The van der Waals surface area contributed by atoms with Crippen LogP contribution in [0.1, 0.15) is 18.4 Å². The van der Waals surface area contributed by atoms with Crippen molar-refractivity contribution in [3.8, 4) is 44.8 Å². The van der Waals surface area contributed by atoms with Crippen LogP contribution in [0.15, 0.2) is 205 Å². The lowest BCUT2D eigenvalue weighted by Gasteiger charge is -2.26. The quantitative estimate of drug-likeness (QED) is 0.157. The zero-order chi connectivity index (χ0) is 41.2. The molecule has 0 fully saturated rings. The Labute approximate surface area is 359 Å². The van der Waals surface area contributed by atoms with Gasteiger partial charge in [-0.2, -0.15) is 0 Å².